The Labute approximate surface area is 197 Å². The number of thioether (sulfide) groups is 1. The van der Waals surface area contributed by atoms with Crippen LogP contribution in [-0.2, 0) is 11.3 Å². The second-order valence-electron chi connectivity index (χ2n) is 7.58. The van der Waals surface area contributed by atoms with Crippen LogP contribution in [0.4, 0.5) is 0 Å². The van der Waals surface area contributed by atoms with Gasteiger partial charge in [-0.05, 0) is 19.1 Å². The molecule has 1 atom stereocenters. The van der Waals surface area contributed by atoms with Gasteiger partial charge in [-0.1, -0.05) is 48.2 Å². The van der Waals surface area contributed by atoms with Crippen molar-refractivity contribution in [3.63, 3.8) is 0 Å². The number of methoxy groups -OCH3 is 1. The molecule has 1 aliphatic heterocycles. The van der Waals surface area contributed by atoms with Gasteiger partial charge in [0.15, 0.2) is 4.34 Å². The van der Waals surface area contributed by atoms with Crippen LogP contribution < -0.4 is 14.8 Å². The second kappa shape index (κ2) is 10.8. The summed E-state index contributed by atoms with van der Waals surface area (Å²) in [5, 5.41) is 5.04. The summed E-state index contributed by atoms with van der Waals surface area (Å²) in [4.78, 5) is 19.0. The normalized spacial score (nSPS) is 16.0. The van der Waals surface area contributed by atoms with Gasteiger partial charge >= 0.3 is 0 Å². The number of ether oxygens (including phenoxy) is 2. The smallest absolute Gasteiger partial charge is 0.230 e. The van der Waals surface area contributed by atoms with Gasteiger partial charge in [0.2, 0.25) is 5.91 Å². The zero-order valence-electron chi connectivity index (χ0n) is 18.2. The number of para-hydroxylation sites is 2. The van der Waals surface area contributed by atoms with Crippen LogP contribution in [0.3, 0.4) is 0 Å². The highest BCUT2D eigenvalue weighted by molar-refractivity contribution is 8.01. The molecule has 2 aromatic carbocycles. The fourth-order valence-corrected chi connectivity index (χ4v) is 5.35. The molecule has 168 valence electrons. The summed E-state index contributed by atoms with van der Waals surface area (Å²) >= 11 is 3.05. The third kappa shape index (κ3) is 5.82. The maximum atomic E-state index is 12.3. The van der Waals surface area contributed by atoms with Crippen molar-refractivity contribution in [1.82, 2.24) is 15.2 Å². The standard InChI is InChI=1S/C24H27N3O3S2/c1-17-15-31-24(26-17)32-16-23(28)25-11-12-27-13-18-7-3-5-9-20(18)30-22(14-27)19-8-4-6-10-21(19)29-2/h3-10,15,22H,11-14,16H2,1-2H3,(H,25,28). The van der Waals surface area contributed by atoms with Crippen LogP contribution in [0.15, 0.2) is 58.3 Å². The number of hydrogen-bond donors (Lipinski definition) is 1. The summed E-state index contributed by atoms with van der Waals surface area (Å²) in [7, 11) is 1.68. The Morgan fingerprint density at radius 1 is 1.28 bits per heavy atom. The maximum Gasteiger partial charge on any atom is 0.230 e. The third-order valence-electron chi connectivity index (χ3n) is 5.22. The Balaban J connectivity index is 1.38. The molecule has 1 unspecified atom stereocenters. The largest absolute Gasteiger partial charge is 0.496 e. The van der Waals surface area contributed by atoms with Crippen LogP contribution in [0.2, 0.25) is 0 Å². The van der Waals surface area contributed by atoms with Crippen molar-refractivity contribution >= 4 is 29.0 Å². The van der Waals surface area contributed by atoms with Crippen LogP contribution in [0.5, 0.6) is 11.5 Å². The topological polar surface area (TPSA) is 63.7 Å². The number of thiazole rings is 1. The monoisotopic (exact) mass is 469 g/mol. The van der Waals surface area contributed by atoms with E-state index in [0.717, 1.165) is 45.7 Å². The van der Waals surface area contributed by atoms with E-state index in [0.29, 0.717) is 18.8 Å². The highest BCUT2D eigenvalue weighted by atomic mass is 32.2. The second-order valence-corrected chi connectivity index (χ2v) is 9.67. The Morgan fingerprint density at radius 3 is 2.91 bits per heavy atom. The van der Waals surface area contributed by atoms with Crippen LogP contribution in [0.1, 0.15) is 22.9 Å². The molecule has 1 aliphatic rings. The minimum atomic E-state index is -0.158. The van der Waals surface area contributed by atoms with Crippen LogP contribution in [0, 0.1) is 6.92 Å². The van der Waals surface area contributed by atoms with Gasteiger partial charge in [0, 0.05) is 48.4 Å². The molecule has 0 fully saturated rings. The molecule has 4 rings (SSSR count). The Bertz CT molecular complexity index is 1060. The summed E-state index contributed by atoms with van der Waals surface area (Å²) in [5.41, 5.74) is 3.16. The molecule has 32 heavy (non-hydrogen) atoms. The number of aryl methyl sites for hydroxylation is 1. The summed E-state index contributed by atoms with van der Waals surface area (Å²) in [6.07, 6.45) is -0.158. The quantitative estimate of drug-likeness (QED) is 0.496. The fourth-order valence-electron chi connectivity index (χ4n) is 3.67. The van der Waals surface area contributed by atoms with Crippen molar-refractivity contribution in [1.29, 1.82) is 0 Å². The summed E-state index contributed by atoms with van der Waals surface area (Å²) < 4.78 is 12.9. The lowest BCUT2D eigenvalue weighted by Gasteiger charge is -2.25. The number of carbonyl (C=O) groups excluding carboxylic acids is 1. The molecular formula is C24H27N3O3S2. The van der Waals surface area contributed by atoms with E-state index in [9.17, 15) is 4.79 Å². The maximum absolute atomic E-state index is 12.3. The van der Waals surface area contributed by atoms with Crippen molar-refractivity contribution in [3.05, 3.63) is 70.7 Å². The first kappa shape index (κ1) is 22.6. The van der Waals surface area contributed by atoms with E-state index in [-0.39, 0.29) is 12.0 Å². The predicted octanol–water partition coefficient (Wildman–Crippen LogP) is 4.30. The highest BCUT2D eigenvalue weighted by Crippen LogP contribution is 2.34. The molecule has 1 aromatic heterocycles. The number of rotatable bonds is 8. The fraction of sp³-hybridized carbons (Fsp3) is 0.333. The zero-order valence-corrected chi connectivity index (χ0v) is 19.9. The van der Waals surface area contributed by atoms with E-state index in [1.807, 2.05) is 48.7 Å². The molecule has 2 heterocycles. The molecule has 8 heteroatoms. The van der Waals surface area contributed by atoms with E-state index in [1.54, 1.807) is 18.4 Å². The van der Waals surface area contributed by atoms with Gasteiger partial charge in [0.05, 0.1) is 12.9 Å². The van der Waals surface area contributed by atoms with Crippen molar-refractivity contribution < 1.29 is 14.3 Å². The lowest BCUT2D eigenvalue weighted by atomic mass is 10.1. The number of nitrogens with zero attached hydrogens (tertiary/aromatic N) is 2. The molecule has 0 radical (unpaired) electrons. The van der Waals surface area contributed by atoms with Gasteiger partial charge in [-0.15, -0.1) is 11.3 Å². The lowest BCUT2D eigenvalue weighted by molar-refractivity contribution is -0.118. The third-order valence-corrected chi connectivity index (χ3v) is 7.36. The van der Waals surface area contributed by atoms with Crippen LogP contribution in [-0.4, -0.2) is 48.3 Å². The number of fused-ring (bicyclic) bond motifs is 1. The average molecular weight is 470 g/mol. The van der Waals surface area contributed by atoms with Gasteiger partial charge in [-0.2, -0.15) is 0 Å². The molecule has 1 N–H and O–H groups in total. The highest BCUT2D eigenvalue weighted by Gasteiger charge is 2.26. The van der Waals surface area contributed by atoms with Gasteiger partial charge < -0.3 is 14.8 Å². The molecule has 0 spiro atoms. The molecule has 0 aliphatic carbocycles. The summed E-state index contributed by atoms with van der Waals surface area (Å²) in [6, 6.07) is 16.1. The number of hydrogen-bond acceptors (Lipinski definition) is 7. The summed E-state index contributed by atoms with van der Waals surface area (Å²) in [6.45, 7) is 4.75. The van der Waals surface area contributed by atoms with E-state index in [1.165, 1.54) is 11.8 Å². The first-order chi connectivity index (χ1) is 15.6. The first-order valence-electron chi connectivity index (χ1n) is 10.5. The Morgan fingerprint density at radius 2 is 2.09 bits per heavy atom. The van der Waals surface area contributed by atoms with Crippen LogP contribution >= 0.6 is 23.1 Å². The SMILES string of the molecule is COc1ccccc1C1CN(CCNC(=O)CSc2nc(C)cs2)Cc2ccccc2O1. The minimum Gasteiger partial charge on any atom is -0.496 e. The van der Waals surface area contributed by atoms with Crippen molar-refractivity contribution in [2.24, 2.45) is 0 Å². The Kier molecular flexibility index (Phi) is 7.68. The van der Waals surface area contributed by atoms with E-state index >= 15 is 0 Å². The van der Waals surface area contributed by atoms with Gasteiger partial charge in [-0.25, -0.2) is 4.98 Å². The summed E-state index contributed by atoms with van der Waals surface area (Å²) in [5.74, 6) is 2.11. The molecule has 0 bridgehead atoms. The average Bonchev–Trinajstić information content (AvgIpc) is 3.13. The first-order valence-corrected chi connectivity index (χ1v) is 12.4. The van der Waals surface area contributed by atoms with E-state index in [4.69, 9.17) is 9.47 Å². The number of benzene rings is 2. The molecule has 6 nitrogen and oxygen atoms in total. The van der Waals surface area contributed by atoms with Gasteiger partial charge in [0.1, 0.15) is 17.6 Å². The van der Waals surface area contributed by atoms with Gasteiger partial charge in [-0.3, -0.25) is 9.69 Å². The molecule has 3 aromatic rings. The lowest BCUT2D eigenvalue weighted by Crippen LogP contribution is -2.37. The van der Waals surface area contributed by atoms with Crippen molar-refractivity contribution in [3.8, 4) is 11.5 Å². The molecular weight excluding hydrogens is 442 g/mol. The predicted molar refractivity (Wildman–Crippen MR) is 129 cm³/mol. The van der Waals surface area contributed by atoms with Crippen molar-refractivity contribution in [2.75, 3.05) is 32.5 Å². The number of amides is 1. The molecule has 1 amide bonds. The molecule has 0 saturated carbocycles. The number of nitrogens with one attached hydrogen (secondary N) is 1. The minimum absolute atomic E-state index is 0.0237. The molecule has 0 saturated heterocycles. The van der Waals surface area contributed by atoms with Crippen LogP contribution in [0.25, 0.3) is 0 Å². The number of aromatic nitrogens is 1. The van der Waals surface area contributed by atoms with E-state index in [2.05, 4.69) is 27.3 Å². The van der Waals surface area contributed by atoms with Gasteiger partial charge in [0.25, 0.3) is 0 Å². The number of carbonyl (C=O) groups is 1. The van der Waals surface area contributed by atoms with E-state index < -0.39 is 0 Å². The zero-order chi connectivity index (χ0) is 22.3. The Hall–Kier alpha value is -2.55. The van der Waals surface area contributed by atoms with Crippen molar-refractivity contribution in [2.45, 2.75) is 23.9 Å².